The fourth-order valence-electron chi connectivity index (χ4n) is 5.37. The largest absolute Gasteiger partial charge is 0.444 e. The molecule has 4 heterocycles. The molecule has 0 bridgehead atoms. The van der Waals surface area contributed by atoms with Crippen molar-refractivity contribution in [2.45, 2.75) is 18.1 Å². The highest BCUT2D eigenvalue weighted by atomic mass is 32.2. The van der Waals surface area contributed by atoms with E-state index in [1.54, 1.807) is 44.2 Å². The van der Waals surface area contributed by atoms with Crippen LogP contribution >= 0.6 is 11.8 Å². The second-order valence-electron chi connectivity index (χ2n) is 10.4. The molecule has 2 aliphatic heterocycles. The molecular formula is C32H29FN4O4S. The number of ketones is 1. The number of aromatic nitrogens is 2. The predicted octanol–water partition coefficient (Wildman–Crippen LogP) is 6.03. The van der Waals surface area contributed by atoms with Crippen molar-refractivity contribution in [3.8, 4) is 11.1 Å². The number of rotatable bonds is 6. The van der Waals surface area contributed by atoms with Gasteiger partial charge >= 0.3 is 12.0 Å². The Balaban J connectivity index is 1.37. The normalized spacial score (nSPS) is 16.0. The third kappa shape index (κ3) is 4.92. The number of halogens is 1. The molecule has 0 radical (unpaired) electrons. The molecule has 1 atom stereocenters. The number of carbonyl (C=O) groups excluding carboxylic acids is 3. The van der Waals surface area contributed by atoms with Gasteiger partial charge in [0.25, 0.3) is 0 Å². The average Bonchev–Trinajstić information content (AvgIpc) is 3.69. The lowest BCUT2D eigenvalue weighted by atomic mass is 10.00. The van der Waals surface area contributed by atoms with E-state index in [1.807, 2.05) is 53.6 Å². The van der Waals surface area contributed by atoms with Gasteiger partial charge in [0.1, 0.15) is 11.2 Å². The highest BCUT2D eigenvalue weighted by Crippen LogP contribution is 2.44. The number of benzene rings is 2. The van der Waals surface area contributed by atoms with Gasteiger partial charge in [-0.2, -0.15) is 0 Å². The van der Waals surface area contributed by atoms with E-state index in [9.17, 15) is 18.8 Å². The summed E-state index contributed by atoms with van der Waals surface area (Å²) in [6.07, 6.45) is 9.55. The molecule has 1 unspecified atom stereocenters. The number of carbonyl (C=O) groups is 3. The van der Waals surface area contributed by atoms with Crippen LogP contribution in [0.4, 0.5) is 9.18 Å². The summed E-state index contributed by atoms with van der Waals surface area (Å²) in [7, 11) is 3.33. The fraction of sp³-hybridized carbons (Fsp3) is 0.219. The van der Waals surface area contributed by atoms with Gasteiger partial charge in [-0.25, -0.2) is 9.18 Å². The number of thioether (sulfide) groups is 1. The van der Waals surface area contributed by atoms with Crippen LogP contribution in [0.15, 0.2) is 84.8 Å². The van der Waals surface area contributed by atoms with Crippen molar-refractivity contribution >= 4 is 40.4 Å². The average molecular weight is 585 g/mol. The summed E-state index contributed by atoms with van der Waals surface area (Å²) in [6.45, 7) is 2.17. The van der Waals surface area contributed by atoms with Gasteiger partial charge in [0.05, 0.1) is 5.52 Å². The van der Waals surface area contributed by atoms with Crippen molar-refractivity contribution in [2.75, 3.05) is 27.4 Å². The topological polar surface area (TPSA) is 76.8 Å². The number of hydrogen-bond acceptors (Lipinski definition) is 6. The lowest BCUT2D eigenvalue weighted by Crippen LogP contribution is -2.31. The van der Waals surface area contributed by atoms with Crippen LogP contribution in [-0.4, -0.2) is 64.1 Å². The molecule has 0 fully saturated rings. The second kappa shape index (κ2) is 11.0. The Hall–Kier alpha value is -4.57. The summed E-state index contributed by atoms with van der Waals surface area (Å²) in [5, 5.41) is 0.591. The Kier molecular flexibility index (Phi) is 7.24. The predicted molar refractivity (Wildman–Crippen MR) is 161 cm³/mol. The highest BCUT2D eigenvalue weighted by molar-refractivity contribution is 7.99. The number of amides is 1. The van der Waals surface area contributed by atoms with Crippen LogP contribution in [0, 0.1) is 5.82 Å². The number of hydrogen-bond donors (Lipinski definition) is 0. The molecule has 8 nitrogen and oxygen atoms in total. The quantitative estimate of drug-likeness (QED) is 0.204. The molecule has 6 rings (SSSR count). The first-order valence-electron chi connectivity index (χ1n) is 13.5. The molecule has 1 amide bonds. The number of fused-ring (bicyclic) bond motifs is 2. The monoisotopic (exact) mass is 584 g/mol. The third-order valence-electron chi connectivity index (χ3n) is 7.49. The Morgan fingerprint density at radius 3 is 2.55 bits per heavy atom. The van der Waals surface area contributed by atoms with E-state index in [0.29, 0.717) is 34.3 Å². The minimum absolute atomic E-state index is 0.0722. The molecule has 214 valence electrons. The standard InChI is InChI=1S/C32H29FN4O4S/c1-20(38)41-19-35-14-5-4-6-27(35)31-36-15-13-25(29(36)18-42-31)30(39)26-17-37(32(40)34(2)3)28-16-22(9-12-24(26)28)21-7-10-23(33)11-8-21/h4-13,15-17,31H,14,18-19H2,1-3H3. The van der Waals surface area contributed by atoms with Crippen LogP contribution < -0.4 is 0 Å². The molecule has 0 saturated carbocycles. The van der Waals surface area contributed by atoms with Gasteiger partial charge in [0, 0.05) is 73.6 Å². The molecular weight excluding hydrogens is 555 g/mol. The first kappa shape index (κ1) is 27.6. The molecule has 42 heavy (non-hydrogen) atoms. The maximum Gasteiger partial charge on any atom is 0.328 e. The van der Waals surface area contributed by atoms with Crippen molar-refractivity contribution in [3.63, 3.8) is 0 Å². The van der Waals surface area contributed by atoms with E-state index in [4.69, 9.17) is 4.74 Å². The van der Waals surface area contributed by atoms with E-state index < -0.39 is 0 Å². The van der Waals surface area contributed by atoms with Crippen molar-refractivity contribution < 1.29 is 23.5 Å². The summed E-state index contributed by atoms with van der Waals surface area (Å²) in [4.78, 5) is 42.2. The molecule has 0 N–H and O–H groups in total. The molecule has 2 aromatic heterocycles. The zero-order chi connectivity index (χ0) is 29.5. The van der Waals surface area contributed by atoms with Gasteiger partial charge in [-0.05, 0) is 41.5 Å². The molecule has 0 aliphatic carbocycles. The van der Waals surface area contributed by atoms with Crippen LogP contribution in [0.25, 0.3) is 22.0 Å². The minimum atomic E-state index is -0.339. The molecule has 0 saturated heterocycles. The summed E-state index contributed by atoms with van der Waals surface area (Å²) >= 11 is 1.70. The molecule has 0 spiro atoms. The third-order valence-corrected chi connectivity index (χ3v) is 8.71. The Labute approximate surface area is 246 Å². The Bertz CT molecular complexity index is 1780. The Morgan fingerprint density at radius 2 is 1.81 bits per heavy atom. The van der Waals surface area contributed by atoms with E-state index in [-0.39, 0.29) is 35.7 Å². The molecule has 2 aromatic carbocycles. The maximum absolute atomic E-state index is 14.1. The number of esters is 1. The van der Waals surface area contributed by atoms with Crippen molar-refractivity contribution in [1.82, 2.24) is 18.9 Å². The fourth-order valence-corrected chi connectivity index (χ4v) is 6.75. The van der Waals surface area contributed by atoms with Gasteiger partial charge < -0.3 is 19.1 Å². The van der Waals surface area contributed by atoms with E-state index in [1.165, 1.54) is 28.5 Å². The zero-order valence-corrected chi connectivity index (χ0v) is 24.2. The van der Waals surface area contributed by atoms with Crippen molar-refractivity contribution in [1.29, 1.82) is 0 Å². The summed E-state index contributed by atoms with van der Waals surface area (Å²) in [6, 6.07) is 13.3. The van der Waals surface area contributed by atoms with Crippen LogP contribution in [0.5, 0.6) is 0 Å². The second-order valence-corrected chi connectivity index (χ2v) is 11.5. The first-order chi connectivity index (χ1) is 20.2. The zero-order valence-electron chi connectivity index (χ0n) is 23.4. The van der Waals surface area contributed by atoms with E-state index in [2.05, 4.69) is 4.57 Å². The minimum Gasteiger partial charge on any atom is -0.444 e. The van der Waals surface area contributed by atoms with Crippen molar-refractivity contribution in [2.24, 2.45) is 0 Å². The highest BCUT2D eigenvalue weighted by Gasteiger charge is 2.33. The van der Waals surface area contributed by atoms with Crippen LogP contribution in [0.1, 0.15) is 33.9 Å². The smallest absolute Gasteiger partial charge is 0.328 e. The molecule has 4 aromatic rings. The summed E-state index contributed by atoms with van der Waals surface area (Å²) in [5.74, 6) is -0.198. The SMILES string of the molecule is CC(=O)OCN1CC=CC=C1C1SCc2c(C(=O)c3cn(C(=O)N(C)C)c4cc(-c5ccc(F)cc5)ccc34)ccn21. The van der Waals surface area contributed by atoms with Crippen LogP contribution in [0.3, 0.4) is 0 Å². The van der Waals surface area contributed by atoms with Crippen molar-refractivity contribution in [3.05, 3.63) is 107 Å². The number of ether oxygens (including phenoxy) is 1. The lowest BCUT2D eigenvalue weighted by Gasteiger charge is -2.31. The van der Waals surface area contributed by atoms with Gasteiger partial charge in [0.2, 0.25) is 0 Å². The lowest BCUT2D eigenvalue weighted by molar-refractivity contribution is -0.144. The number of nitrogens with zero attached hydrogens (tertiary/aromatic N) is 4. The maximum atomic E-state index is 14.1. The van der Waals surface area contributed by atoms with Gasteiger partial charge in [0.15, 0.2) is 12.5 Å². The first-order valence-corrected chi connectivity index (χ1v) is 14.5. The van der Waals surface area contributed by atoms with Gasteiger partial charge in [-0.3, -0.25) is 14.2 Å². The summed E-state index contributed by atoms with van der Waals surface area (Å²) < 4.78 is 22.4. The van der Waals surface area contributed by atoms with E-state index >= 15 is 0 Å². The van der Waals surface area contributed by atoms with Crippen LogP contribution in [0.2, 0.25) is 0 Å². The Morgan fingerprint density at radius 1 is 1.05 bits per heavy atom. The molecule has 10 heteroatoms. The number of allylic oxidation sites excluding steroid dienone is 2. The summed E-state index contributed by atoms with van der Waals surface area (Å²) in [5.41, 5.74) is 5.14. The van der Waals surface area contributed by atoms with E-state index in [0.717, 1.165) is 22.5 Å². The van der Waals surface area contributed by atoms with Gasteiger partial charge in [-0.1, -0.05) is 36.4 Å². The van der Waals surface area contributed by atoms with Crippen LogP contribution in [-0.2, 0) is 15.3 Å². The molecule has 2 aliphatic rings. The van der Waals surface area contributed by atoms with Gasteiger partial charge in [-0.15, -0.1) is 11.8 Å².